The molecule has 0 saturated heterocycles. The van der Waals surface area contributed by atoms with Crippen LogP contribution in [0.4, 0.5) is 0 Å². The van der Waals surface area contributed by atoms with Gasteiger partial charge in [-0.15, -0.1) is 10.2 Å². The minimum absolute atomic E-state index is 0.0926. The molecule has 1 N–H and O–H groups in total. The highest BCUT2D eigenvalue weighted by molar-refractivity contribution is 5.95. The van der Waals surface area contributed by atoms with E-state index in [2.05, 4.69) is 15.5 Å². The van der Waals surface area contributed by atoms with Crippen LogP contribution in [0.2, 0.25) is 0 Å². The van der Waals surface area contributed by atoms with E-state index in [1.54, 1.807) is 12.1 Å². The Hall–Kier alpha value is -3.55. The lowest BCUT2D eigenvalue weighted by atomic mass is 10.1. The van der Waals surface area contributed by atoms with Gasteiger partial charge in [0.1, 0.15) is 0 Å². The van der Waals surface area contributed by atoms with Crippen molar-refractivity contribution in [3.8, 4) is 28.7 Å². The molecular formula is C19H19N3O5. The second-order valence-electron chi connectivity index (χ2n) is 5.46. The van der Waals surface area contributed by atoms with Crippen LogP contribution < -0.4 is 19.5 Å². The number of carbonyl (C=O) groups excluding carboxylic acids is 1. The summed E-state index contributed by atoms with van der Waals surface area (Å²) in [5.41, 5.74) is 1.17. The maximum absolute atomic E-state index is 12.5. The fourth-order valence-corrected chi connectivity index (χ4v) is 2.49. The van der Waals surface area contributed by atoms with Gasteiger partial charge in [-0.3, -0.25) is 4.79 Å². The van der Waals surface area contributed by atoms with E-state index in [1.807, 2.05) is 30.3 Å². The van der Waals surface area contributed by atoms with Gasteiger partial charge in [0.05, 0.1) is 27.9 Å². The molecule has 2 aromatic carbocycles. The van der Waals surface area contributed by atoms with Crippen LogP contribution in [0.15, 0.2) is 46.9 Å². The van der Waals surface area contributed by atoms with Crippen LogP contribution in [0.1, 0.15) is 16.2 Å². The number of hydrogen-bond acceptors (Lipinski definition) is 7. The molecular weight excluding hydrogens is 350 g/mol. The van der Waals surface area contributed by atoms with E-state index in [1.165, 1.54) is 21.3 Å². The van der Waals surface area contributed by atoms with Gasteiger partial charge in [0.15, 0.2) is 11.5 Å². The van der Waals surface area contributed by atoms with E-state index in [0.29, 0.717) is 34.6 Å². The summed E-state index contributed by atoms with van der Waals surface area (Å²) in [4.78, 5) is 12.5. The van der Waals surface area contributed by atoms with E-state index < -0.39 is 0 Å². The summed E-state index contributed by atoms with van der Waals surface area (Å²) >= 11 is 0. The van der Waals surface area contributed by atoms with Gasteiger partial charge in [-0.25, -0.2) is 0 Å². The maximum atomic E-state index is 12.5. The average Bonchev–Trinajstić information content (AvgIpc) is 3.20. The first-order chi connectivity index (χ1) is 13.2. The van der Waals surface area contributed by atoms with Crippen molar-refractivity contribution in [3.63, 3.8) is 0 Å². The second kappa shape index (κ2) is 8.22. The second-order valence-corrected chi connectivity index (χ2v) is 5.46. The molecule has 1 heterocycles. The summed E-state index contributed by atoms with van der Waals surface area (Å²) in [5, 5.41) is 10.7. The Bertz CT molecular complexity index is 899. The maximum Gasteiger partial charge on any atom is 0.251 e. The number of ether oxygens (including phenoxy) is 3. The van der Waals surface area contributed by atoms with Gasteiger partial charge >= 0.3 is 0 Å². The standard InChI is InChI=1S/C19H19N3O5/c1-24-14-9-13(10-15(25-2)17(14)26-3)18(23)20-11-16-21-22-19(27-16)12-7-5-4-6-8-12/h4-10H,11H2,1-3H3,(H,20,23). The lowest BCUT2D eigenvalue weighted by molar-refractivity contribution is 0.0946. The van der Waals surface area contributed by atoms with Gasteiger partial charge in [-0.1, -0.05) is 18.2 Å². The monoisotopic (exact) mass is 369 g/mol. The topological polar surface area (TPSA) is 95.7 Å². The fraction of sp³-hybridized carbons (Fsp3) is 0.211. The number of nitrogens with zero attached hydrogens (tertiary/aromatic N) is 2. The van der Waals surface area contributed by atoms with Gasteiger partial charge in [0.2, 0.25) is 17.5 Å². The molecule has 27 heavy (non-hydrogen) atoms. The predicted octanol–water partition coefficient (Wildman–Crippen LogP) is 2.69. The zero-order valence-electron chi connectivity index (χ0n) is 15.2. The van der Waals surface area contributed by atoms with Gasteiger partial charge < -0.3 is 23.9 Å². The fourth-order valence-electron chi connectivity index (χ4n) is 2.49. The molecule has 0 saturated carbocycles. The summed E-state index contributed by atoms with van der Waals surface area (Å²) in [6, 6.07) is 12.5. The Labute approximate surface area is 156 Å². The zero-order chi connectivity index (χ0) is 19.2. The van der Waals surface area contributed by atoms with E-state index in [-0.39, 0.29) is 12.5 Å². The first-order valence-electron chi connectivity index (χ1n) is 8.12. The molecule has 0 atom stereocenters. The number of aromatic nitrogens is 2. The summed E-state index contributed by atoms with van der Waals surface area (Å²) < 4.78 is 21.3. The lowest BCUT2D eigenvalue weighted by Crippen LogP contribution is -2.23. The van der Waals surface area contributed by atoms with Gasteiger partial charge in [0.25, 0.3) is 5.91 Å². The molecule has 0 aliphatic rings. The lowest BCUT2D eigenvalue weighted by Gasteiger charge is -2.13. The highest BCUT2D eigenvalue weighted by Crippen LogP contribution is 2.38. The zero-order valence-corrected chi connectivity index (χ0v) is 15.2. The smallest absolute Gasteiger partial charge is 0.251 e. The van der Waals surface area contributed by atoms with Crippen molar-refractivity contribution in [2.75, 3.05) is 21.3 Å². The highest BCUT2D eigenvalue weighted by atomic mass is 16.5. The summed E-state index contributed by atoms with van der Waals surface area (Å²) in [6.45, 7) is 0.0926. The van der Waals surface area contributed by atoms with Crippen molar-refractivity contribution in [2.45, 2.75) is 6.54 Å². The third-order valence-electron chi connectivity index (χ3n) is 3.81. The molecule has 1 aromatic heterocycles. The number of benzene rings is 2. The number of nitrogens with one attached hydrogen (secondary N) is 1. The summed E-state index contributed by atoms with van der Waals surface area (Å²) in [7, 11) is 4.48. The molecule has 140 valence electrons. The molecule has 0 radical (unpaired) electrons. The molecule has 0 bridgehead atoms. The van der Waals surface area contributed by atoms with Crippen LogP contribution in [0.25, 0.3) is 11.5 Å². The number of amides is 1. The van der Waals surface area contributed by atoms with Gasteiger partial charge in [-0.05, 0) is 24.3 Å². The van der Waals surface area contributed by atoms with E-state index in [4.69, 9.17) is 18.6 Å². The highest BCUT2D eigenvalue weighted by Gasteiger charge is 2.17. The van der Waals surface area contributed by atoms with Crippen LogP contribution in [0.3, 0.4) is 0 Å². The summed E-state index contributed by atoms with van der Waals surface area (Å²) in [6.07, 6.45) is 0. The minimum atomic E-state index is -0.339. The summed E-state index contributed by atoms with van der Waals surface area (Å²) in [5.74, 6) is 1.56. The Morgan fingerprint density at radius 2 is 1.67 bits per heavy atom. The SMILES string of the molecule is COc1cc(C(=O)NCc2nnc(-c3ccccc3)o2)cc(OC)c1OC. The number of methoxy groups -OCH3 is 3. The van der Waals surface area contributed by atoms with Crippen LogP contribution in [-0.2, 0) is 6.54 Å². The Morgan fingerprint density at radius 1 is 1.00 bits per heavy atom. The molecule has 8 nitrogen and oxygen atoms in total. The number of carbonyl (C=O) groups is 1. The van der Waals surface area contributed by atoms with Gasteiger partial charge in [-0.2, -0.15) is 0 Å². The van der Waals surface area contributed by atoms with E-state index in [0.717, 1.165) is 5.56 Å². The Morgan fingerprint density at radius 3 is 2.26 bits per heavy atom. The molecule has 0 spiro atoms. The van der Waals surface area contributed by atoms with Crippen molar-refractivity contribution < 1.29 is 23.4 Å². The van der Waals surface area contributed by atoms with E-state index in [9.17, 15) is 4.79 Å². The van der Waals surface area contributed by atoms with Crippen LogP contribution in [-0.4, -0.2) is 37.4 Å². The largest absolute Gasteiger partial charge is 0.493 e. The first kappa shape index (κ1) is 18.2. The molecule has 0 aliphatic carbocycles. The van der Waals surface area contributed by atoms with Crippen LogP contribution >= 0.6 is 0 Å². The molecule has 0 unspecified atom stereocenters. The molecule has 0 aliphatic heterocycles. The first-order valence-corrected chi connectivity index (χ1v) is 8.12. The normalized spacial score (nSPS) is 10.3. The predicted molar refractivity (Wildman–Crippen MR) is 97.0 cm³/mol. The third kappa shape index (κ3) is 4.00. The molecule has 8 heteroatoms. The Kier molecular flexibility index (Phi) is 5.55. The molecule has 1 amide bonds. The average molecular weight is 369 g/mol. The van der Waals surface area contributed by atoms with Crippen molar-refractivity contribution in [1.82, 2.24) is 15.5 Å². The van der Waals surface area contributed by atoms with Crippen molar-refractivity contribution in [3.05, 3.63) is 53.9 Å². The van der Waals surface area contributed by atoms with Crippen molar-refractivity contribution >= 4 is 5.91 Å². The van der Waals surface area contributed by atoms with Crippen molar-refractivity contribution in [1.29, 1.82) is 0 Å². The minimum Gasteiger partial charge on any atom is -0.493 e. The van der Waals surface area contributed by atoms with Gasteiger partial charge in [0, 0.05) is 11.1 Å². The van der Waals surface area contributed by atoms with Crippen LogP contribution in [0, 0.1) is 0 Å². The number of rotatable bonds is 7. The Balaban J connectivity index is 1.72. The number of hydrogen-bond donors (Lipinski definition) is 1. The van der Waals surface area contributed by atoms with E-state index >= 15 is 0 Å². The molecule has 3 aromatic rings. The third-order valence-corrected chi connectivity index (χ3v) is 3.81. The van der Waals surface area contributed by atoms with Crippen LogP contribution in [0.5, 0.6) is 17.2 Å². The van der Waals surface area contributed by atoms with Crippen molar-refractivity contribution in [2.24, 2.45) is 0 Å². The quantitative estimate of drug-likeness (QED) is 0.684. The molecule has 0 fully saturated rings. The molecule has 3 rings (SSSR count).